The maximum atomic E-state index is 12.5. The van der Waals surface area contributed by atoms with Crippen molar-refractivity contribution in [1.29, 1.82) is 0 Å². The zero-order valence-electron chi connectivity index (χ0n) is 12.4. The molecule has 1 aromatic rings. The van der Waals surface area contributed by atoms with Gasteiger partial charge in [-0.3, -0.25) is 4.79 Å². The van der Waals surface area contributed by atoms with Crippen molar-refractivity contribution in [2.45, 2.75) is 45.1 Å². The van der Waals surface area contributed by atoms with E-state index >= 15 is 0 Å². The zero-order chi connectivity index (χ0) is 15.5. The maximum Gasteiger partial charge on any atom is 0.254 e. The third-order valence-electron chi connectivity index (χ3n) is 3.47. The van der Waals surface area contributed by atoms with E-state index in [4.69, 9.17) is 5.14 Å². The van der Waals surface area contributed by atoms with Gasteiger partial charge in [0.2, 0.25) is 10.0 Å². The molecule has 1 atom stereocenters. The minimum absolute atomic E-state index is 0.00329. The number of sulfonamides is 1. The fraction of sp³-hybridized carbons (Fsp3) is 0.500. The summed E-state index contributed by atoms with van der Waals surface area (Å²) in [6, 6.07) is 4.71. The Morgan fingerprint density at radius 3 is 2.40 bits per heavy atom. The molecule has 112 valence electrons. The van der Waals surface area contributed by atoms with Crippen LogP contribution in [0.5, 0.6) is 0 Å². The fourth-order valence-electron chi connectivity index (χ4n) is 2.08. The highest BCUT2D eigenvalue weighted by Crippen LogP contribution is 2.18. The van der Waals surface area contributed by atoms with E-state index in [1.165, 1.54) is 6.07 Å². The van der Waals surface area contributed by atoms with E-state index < -0.39 is 10.0 Å². The molecular formula is C14H22N2O3S. The normalized spacial score (nSPS) is 13.1. The number of hydrogen-bond donors (Lipinski definition) is 1. The van der Waals surface area contributed by atoms with Crippen molar-refractivity contribution in [2.75, 3.05) is 6.54 Å². The lowest BCUT2D eigenvalue weighted by atomic mass is 10.1. The van der Waals surface area contributed by atoms with Crippen LogP contribution in [0, 0.1) is 6.92 Å². The molecule has 1 rings (SSSR count). The zero-order valence-corrected chi connectivity index (χ0v) is 13.2. The molecule has 0 saturated carbocycles. The number of carbonyl (C=O) groups is 1. The van der Waals surface area contributed by atoms with Gasteiger partial charge in [-0.1, -0.05) is 13.0 Å². The average molecular weight is 298 g/mol. The predicted octanol–water partition coefficient (Wildman–Crippen LogP) is 1.90. The number of primary sulfonamides is 1. The van der Waals surface area contributed by atoms with E-state index in [-0.39, 0.29) is 16.8 Å². The first-order valence-electron chi connectivity index (χ1n) is 6.66. The summed E-state index contributed by atoms with van der Waals surface area (Å²) in [4.78, 5) is 14.2. The maximum absolute atomic E-state index is 12.5. The van der Waals surface area contributed by atoms with Crippen LogP contribution in [0.25, 0.3) is 0 Å². The average Bonchev–Trinajstić information content (AvgIpc) is 2.38. The van der Waals surface area contributed by atoms with Crippen LogP contribution in [-0.4, -0.2) is 31.8 Å². The Kier molecular flexibility index (Phi) is 5.30. The van der Waals surface area contributed by atoms with Crippen LogP contribution in [0.4, 0.5) is 0 Å². The lowest BCUT2D eigenvalue weighted by Crippen LogP contribution is -2.38. The highest BCUT2D eigenvalue weighted by atomic mass is 32.2. The molecule has 0 aromatic heterocycles. The van der Waals surface area contributed by atoms with Gasteiger partial charge in [0, 0.05) is 18.2 Å². The summed E-state index contributed by atoms with van der Waals surface area (Å²) in [6.45, 7) is 8.10. The monoisotopic (exact) mass is 298 g/mol. The Balaban J connectivity index is 3.24. The number of aryl methyl sites for hydroxylation is 1. The summed E-state index contributed by atoms with van der Waals surface area (Å²) in [5.41, 5.74) is 0.886. The Labute approximate surface area is 120 Å². The van der Waals surface area contributed by atoms with Crippen LogP contribution in [0.15, 0.2) is 23.1 Å². The van der Waals surface area contributed by atoms with E-state index in [9.17, 15) is 13.2 Å². The van der Waals surface area contributed by atoms with Gasteiger partial charge in [0.1, 0.15) is 0 Å². The van der Waals surface area contributed by atoms with Gasteiger partial charge in [0.15, 0.2) is 0 Å². The van der Waals surface area contributed by atoms with Crippen molar-refractivity contribution in [3.63, 3.8) is 0 Å². The summed E-state index contributed by atoms with van der Waals surface area (Å²) in [5, 5.41) is 5.17. The second-order valence-electron chi connectivity index (χ2n) is 4.87. The van der Waals surface area contributed by atoms with E-state index in [0.717, 1.165) is 6.42 Å². The third-order valence-corrected chi connectivity index (χ3v) is 4.52. The van der Waals surface area contributed by atoms with E-state index in [1.54, 1.807) is 24.0 Å². The minimum atomic E-state index is -3.82. The predicted molar refractivity (Wildman–Crippen MR) is 79.0 cm³/mol. The summed E-state index contributed by atoms with van der Waals surface area (Å²) >= 11 is 0. The number of nitrogens with two attached hydrogens (primary N) is 1. The van der Waals surface area contributed by atoms with E-state index in [0.29, 0.717) is 17.7 Å². The van der Waals surface area contributed by atoms with E-state index in [2.05, 4.69) is 0 Å². The summed E-state index contributed by atoms with van der Waals surface area (Å²) in [5.74, 6) is -0.174. The molecule has 0 aliphatic carbocycles. The van der Waals surface area contributed by atoms with Gasteiger partial charge in [0.05, 0.1) is 4.90 Å². The summed E-state index contributed by atoms with van der Waals surface area (Å²) in [6.07, 6.45) is 0.841. The minimum Gasteiger partial charge on any atom is -0.336 e. The van der Waals surface area contributed by atoms with Gasteiger partial charge in [-0.15, -0.1) is 0 Å². The second-order valence-corrected chi connectivity index (χ2v) is 6.40. The lowest BCUT2D eigenvalue weighted by Gasteiger charge is -2.27. The molecule has 0 aliphatic rings. The Bertz CT molecular complexity index is 596. The SMILES string of the molecule is CCC(C)N(CC)C(=O)c1ccc(C)c(S(N)(=O)=O)c1. The van der Waals surface area contributed by atoms with Crippen LogP contribution in [0.3, 0.4) is 0 Å². The molecule has 6 heteroatoms. The highest BCUT2D eigenvalue weighted by Gasteiger charge is 2.21. The van der Waals surface area contributed by atoms with Gasteiger partial charge < -0.3 is 4.90 Å². The van der Waals surface area contributed by atoms with Crippen molar-refractivity contribution < 1.29 is 13.2 Å². The Morgan fingerprint density at radius 1 is 1.35 bits per heavy atom. The largest absolute Gasteiger partial charge is 0.336 e. The summed E-state index contributed by atoms with van der Waals surface area (Å²) in [7, 11) is -3.82. The van der Waals surface area contributed by atoms with Gasteiger partial charge in [-0.2, -0.15) is 0 Å². The molecule has 5 nitrogen and oxygen atoms in total. The molecule has 0 spiro atoms. The number of benzene rings is 1. The molecular weight excluding hydrogens is 276 g/mol. The molecule has 1 amide bonds. The van der Waals surface area contributed by atoms with Gasteiger partial charge in [-0.05, 0) is 44.9 Å². The molecule has 0 fully saturated rings. The Hall–Kier alpha value is -1.40. The highest BCUT2D eigenvalue weighted by molar-refractivity contribution is 7.89. The molecule has 0 radical (unpaired) electrons. The quantitative estimate of drug-likeness (QED) is 0.901. The number of carbonyl (C=O) groups excluding carboxylic acids is 1. The molecule has 1 aromatic carbocycles. The molecule has 2 N–H and O–H groups in total. The number of nitrogens with zero attached hydrogens (tertiary/aromatic N) is 1. The van der Waals surface area contributed by atoms with Gasteiger partial charge in [-0.25, -0.2) is 13.6 Å². The third kappa shape index (κ3) is 3.58. The molecule has 0 saturated heterocycles. The van der Waals surface area contributed by atoms with Crippen molar-refractivity contribution in [1.82, 2.24) is 4.90 Å². The number of hydrogen-bond acceptors (Lipinski definition) is 3. The van der Waals surface area contributed by atoms with Crippen molar-refractivity contribution >= 4 is 15.9 Å². The van der Waals surface area contributed by atoms with Crippen LogP contribution in [0.1, 0.15) is 43.1 Å². The first-order valence-corrected chi connectivity index (χ1v) is 8.21. The van der Waals surface area contributed by atoms with Crippen molar-refractivity contribution in [3.05, 3.63) is 29.3 Å². The van der Waals surface area contributed by atoms with Gasteiger partial charge in [0.25, 0.3) is 5.91 Å². The first-order chi connectivity index (χ1) is 9.22. The smallest absolute Gasteiger partial charge is 0.254 e. The van der Waals surface area contributed by atoms with E-state index in [1.807, 2.05) is 20.8 Å². The van der Waals surface area contributed by atoms with Crippen molar-refractivity contribution in [3.8, 4) is 0 Å². The number of rotatable bonds is 5. The molecule has 0 aliphatic heterocycles. The van der Waals surface area contributed by atoms with Crippen LogP contribution in [-0.2, 0) is 10.0 Å². The van der Waals surface area contributed by atoms with Crippen LogP contribution in [0.2, 0.25) is 0 Å². The molecule has 0 heterocycles. The second kappa shape index (κ2) is 6.37. The molecule has 20 heavy (non-hydrogen) atoms. The topological polar surface area (TPSA) is 80.5 Å². The van der Waals surface area contributed by atoms with Crippen molar-refractivity contribution in [2.24, 2.45) is 5.14 Å². The molecule has 0 bridgehead atoms. The fourth-order valence-corrected chi connectivity index (χ4v) is 2.89. The standard InChI is InChI=1S/C14H22N2O3S/c1-5-11(4)16(6-2)14(17)12-8-7-10(3)13(9-12)20(15,18)19/h7-9,11H,5-6H2,1-4H3,(H2,15,18,19). The summed E-state index contributed by atoms with van der Waals surface area (Å²) < 4.78 is 23.0. The van der Waals surface area contributed by atoms with Crippen LogP contribution < -0.4 is 5.14 Å². The lowest BCUT2D eigenvalue weighted by molar-refractivity contribution is 0.0699. The Morgan fingerprint density at radius 2 is 1.95 bits per heavy atom. The first kappa shape index (κ1) is 16.7. The van der Waals surface area contributed by atoms with Gasteiger partial charge >= 0.3 is 0 Å². The number of amides is 1. The van der Waals surface area contributed by atoms with Crippen LogP contribution >= 0.6 is 0 Å². The molecule has 1 unspecified atom stereocenters.